The van der Waals surface area contributed by atoms with E-state index in [0.29, 0.717) is 5.41 Å². The monoisotopic (exact) mass is 396 g/mol. The van der Waals surface area contributed by atoms with Crippen molar-refractivity contribution in [2.45, 2.75) is 71.6 Å². The van der Waals surface area contributed by atoms with Crippen molar-refractivity contribution in [2.24, 2.45) is 5.41 Å². The molecule has 29 heavy (non-hydrogen) atoms. The molecule has 0 aromatic heterocycles. The Balaban J connectivity index is 1.75. The number of carbonyl (C=O) groups excluding carboxylic acids is 1. The quantitative estimate of drug-likeness (QED) is 0.634. The van der Waals surface area contributed by atoms with Crippen molar-refractivity contribution in [3.05, 3.63) is 41.5 Å². The first-order chi connectivity index (χ1) is 13.8. The Kier molecular flexibility index (Phi) is 6.88. The minimum Gasteiger partial charge on any atom is -0.342 e. The summed E-state index contributed by atoms with van der Waals surface area (Å²) in [6, 6.07) is 8.69. The van der Waals surface area contributed by atoms with Gasteiger partial charge in [-0.05, 0) is 68.3 Å². The highest BCUT2D eigenvalue weighted by Crippen LogP contribution is 2.46. The molecule has 3 nitrogen and oxygen atoms in total. The highest BCUT2D eigenvalue weighted by Gasteiger charge is 2.40. The van der Waals surface area contributed by atoms with E-state index in [4.69, 9.17) is 0 Å². The van der Waals surface area contributed by atoms with Crippen molar-refractivity contribution < 1.29 is 4.79 Å². The van der Waals surface area contributed by atoms with Crippen LogP contribution in [0.4, 0.5) is 0 Å². The molecule has 1 aromatic rings. The number of amides is 1. The van der Waals surface area contributed by atoms with Crippen LogP contribution in [0.2, 0.25) is 0 Å². The summed E-state index contributed by atoms with van der Waals surface area (Å²) in [6.07, 6.45) is 9.06. The number of unbranched alkanes of at least 4 members (excludes halogenated alkanes) is 1. The molecule has 160 valence electrons. The van der Waals surface area contributed by atoms with Crippen LogP contribution in [0.25, 0.3) is 5.57 Å². The lowest BCUT2D eigenvalue weighted by molar-refractivity contribution is -0.123. The Labute approximate surface area is 178 Å². The minimum atomic E-state index is 0.184. The van der Waals surface area contributed by atoms with Crippen molar-refractivity contribution in [3.8, 4) is 0 Å². The molecule has 3 rings (SSSR count). The topological polar surface area (TPSA) is 23.6 Å². The number of carbonyl (C=O) groups is 1. The second kappa shape index (κ2) is 9.04. The first-order valence-electron chi connectivity index (χ1n) is 11.5. The Morgan fingerprint density at radius 2 is 1.86 bits per heavy atom. The normalized spacial score (nSPS) is 19.0. The average molecular weight is 397 g/mol. The van der Waals surface area contributed by atoms with Crippen molar-refractivity contribution in [1.29, 1.82) is 0 Å². The second-order valence-electron chi connectivity index (χ2n) is 10.4. The zero-order valence-corrected chi connectivity index (χ0v) is 19.3. The van der Waals surface area contributed by atoms with Crippen molar-refractivity contribution in [1.82, 2.24) is 9.80 Å². The van der Waals surface area contributed by atoms with E-state index in [9.17, 15) is 4.79 Å². The maximum atomic E-state index is 13.1. The molecule has 1 saturated heterocycles. The van der Waals surface area contributed by atoms with E-state index in [1.807, 2.05) is 11.9 Å². The van der Waals surface area contributed by atoms with Crippen LogP contribution in [-0.2, 0) is 10.2 Å². The summed E-state index contributed by atoms with van der Waals surface area (Å²) in [6.45, 7) is 13.5. The summed E-state index contributed by atoms with van der Waals surface area (Å²) >= 11 is 0. The first kappa shape index (κ1) is 22.1. The number of hydrogen-bond donors (Lipinski definition) is 0. The number of fused-ring (bicyclic) bond motifs is 2. The zero-order chi connectivity index (χ0) is 21.1. The Morgan fingerprint density at radius 1 is 1.17 bits per heavy atom. The maximum Gasteiger partial charge on any atom is 0.253 e. The Morgan fingerprint density at radius 3 is 2.52 bits per heavy atom. The smallest absolute Gasteiger partial charge is 0.253 e. The molecule has 1 spiro atoms. The van der Waals surface area contributed by atoms with E-state index in [1.165, 1.54) is 36.9 Å². The fraction of sp³-hybridized carbons (Fsp3) is 0.654. The molecule has 1 heterocycles. The van der Waals surface area contributed by atoms with Crippen LogP contribution in [-0.4, -0.2) is 48.9 Å². The molecule has 0 unspecified atom stereocenters. The fourth-order valence-corrected chi connectivity index (χ4v) is 4.77. The third kappa shape index (κ3) is 5.12. The van der Waals surface area contributed by atoms with Gasteiger partial charge < -0.3 is 9.80 Å². The van der Waals surface area contributed by atoms with Crippen LogP contribution >= 0.6 is 0 Å². The van der Waals surface area contributed by atoms with Gasteiger partial charge in [-0.3, -0.25) is 4.79 Å². The fourth-order valence-electron chi connectivity index (χ4n) is 4.77. The van der Waals surface area contributed by atoms with E-state index < -0.39 is 0 Å². The highest BCUT2D eigenvalue weighted by molar-refractivity contribution is 6.20. The van der Waals surface area contributed by atoms with Crippen molar-refractivity contribution in [3.63, 3.8) is 0 Å². The summed E-state index contributed by atoms with van der Waals surface area (Å²) in [7, 11) is 1.94. The molecule has 0 radical (unpaired) electrons. The Bertz CT molecular complexity index is 735. The molecule has 1 aromatic carbocycles. The number of nitrogens with zero attached hydrogens (tertiary/aromatic N) is 2. The zero-order valence-electron chi connectivity index (χ0n) is 19.3. The maximum absolute atomic E-state index is 13.1. The van der Waals surface area contributed by atoms with Gasteiger partial charge in [0.15, 0.2) is 0 Å². The van der Waals surface area contributed by atoms with Gasteiger partial charge in [-0.1, -0.05) is 64.5 Å². The van der Waals surface area contributed by atoms with E-state index in [2.05, 4.69) is 62.9 Å². The van der Waals surface area contributed by atoms with Crippen LogP contribution in [0.5, 0.6) is 0 Å². The van der Waals surface area contributed by atoms with Gasteiger partial charge in [-0.2, -0.15) is 0 Å². The molecule has 0 N–H and O–H groups in total. The molecule has 1 aliphatic heterocycles. The number of allylic oxidation sites excluding steroid dienone is 1. The summed E-state index contributed by atoms with van der Waals surface area (Å²) < 4.78 is 0. The van der Waals surface area contributed by atoms with Crippen LogP contribution in [0.15, 0.2) is 30.3 Å². The van der Waals surface area contributed by atoms with Crippen LogP contribution in [0, 0.1) is 5.41 Å². The lowest BCUT2D eigenvalue weighted by Crippen LogP contribution is -2.45. The minimum absolute atomic E-state index is 0.184. The summed E-state index contributed by atoms with van der Waals surface area (Å²) in [4.78, 5) is 17.7. The number of likely N-dealkylation sites (N-methyl/N-ethyl adjacent to an activating group) is 1. The van der Waals surface area contributed by atoms with Gasteiger partial charge in [-0.15, -0.1) is 0 Å². The predicted octanol–water partition coefficient (Wildman–Crippen LogP) is 5.50. The molecule has 1 fully saturated rings. The van der Waals surface area contributed by atoms with Gasteiger partial charge in [0.05, 0.1) is 0 Å². The molecular weight excluding hydrogens is 356 g/mol. The standard InChI is InChI=1S/C26H40N2O/c1-6-7-17-27(5)24(29)22-12-13-26(23-11-9-8-10-21(22)23)15-19-28(20-16-26)18-14-25(2,3)4/h8-12H,6-7,13-20H2,1-5H3. The molecular formula is C26H40N2O. The summed E-state index contributed by atoms with van der Waals surface area (Å²) in [5.74, 6) is 0.184. The first-order valence-corrected chi connectivity index (χ1v) is 11.5. The Hall–Kier alpha value is -1.61. The lowest BCUT2D eigenvalue weighted by Gasteiger charge is -2.45. The molecule has 2 aliphatic rings. The van der Waals surface area contributed by atoms with Crippen molar-refractivity contribution in [2.75, 3.05) is 33.2 Å². The van der Waals surface area contributed by atoms with Crippen LogP contribution in [0.1, 0.15) is 77.3 Å². The van der Waals surface area contributed by atoms with Crippen LogP contribution in [0.3, 0.4) is 0 Å². The van der Waals surface area contributed by atoms with Gasteiger partial charge in [-0.25, -0.2) is 0 Å². The van der Waals surface area contributed by atoms with Crippen LogP contribution < -0.4 is 0 Å². The van der Waals surface area contributed by atoms with E-state index >= 15 is 0 Å². The summed E-state index contributed by atoms with van der Waals surface area (Å²) in [5.41, 5.74) is 4.11. The summed E-state index contributed by atoms with van der Waals surface area (Å²) in [5, 5.41) is 0. The van der Waals surface area contributed by atoms with E-state index in [-0.39, 0.29) is 11.3 Å². The van der Waals surface area contributed by atoms with Crippen molar-refractivity contribution >= 4 is 11.5 Å². The molecule has 1 aliphatic carbocycles. The van der Waals surface area contributed by atoms with Gasteiger partial charge in [0.25, 0.3) is 5.91 Å². The third-order valence-electron chi connectivity index (χ3n) is 6.90. The molecule has 0 atom stereocenters. The second-order valence-corrected chi connectivity index (χ2v) is 10.4. The number of likely N-dealkylation sites (tertiary alicyclic amines) is 1. The molecule has 0 saturated carbocycles. The number of rotatable bonds is 6. The molecule has 1 amide bonds. The number of benzene rings is 1. The molecule has 0 bridgehead atoms. The average Bonchev–Trinajstić information content (AvgIpc) is 2.71. The van der Waals surface area contributed by atoms with E-state index in [1.54, 1.807) is 0 Å². The van der Waals surface area contributed by atoms with Gasteiger partial charge in [0.2, 0.25) is 0 Å². The van der Waals surface area contributed by atoms with E-state index in [0.717, 1.165) is 44.5 Å². The highest BCUT2D eigenvalue weighted by atomic mass is 16.2. The third-order valence-corrected chi connectivity index (χ3v) is 6.90. The molecule has 3 heteroatoms. The lowest BCUT2D eigenvalue weighted by atomic mass is 9.65. The SMILES string of the molecule is CCCCN(C)C(=O)C1=CCC2(CCN(CCC(C)(C)C)CC2)c2ccccc21. The largest absolute Gasteiger partial charge is 0.342 e. The van der Waals surface area contributed by atoms with Gasteiger partial charge in [0.1, 0.15) is 0 Å². The number of hydrogen-bond acceptors (Lipinski definition) is 2. The number of piperidine rings is 1. The predicted molar refractivity (Wildman–Crippen MR) is 123 cm³/mol. The van der Waals surface area contributed by atoms with Gasteiger partial charge >= 0.3 is 0 Å². The van der Waals surface area contributed by atoms with Gasteiger partial charge in [0, 0.05) is 24.6 Å².